The highest BCUT2D eigenvalue weighted by Gasteiger charge is 2.25. The van der Waals surface area contributed by atoms with Crippen molar-refractivity contribution in [3.63, 3.8) is 0 Å². The minimum atomic E-state index is -0.0525. The van der Waals surface area contributed by atoms with Crippen LogP contribution < -0.4 is 5.32 Å². The van der Waals surface area contributed by atoms with Gasteiger partial charge in [-0.25, -0.2) is 0 Å². The highest BCUT2D eigenvalue weighted by molar-refractivity contribution is 5.99. The van der Waals surface area contributed by atoms with Crippen molar-refractivity contribution in [3.05, 3.63) is 41.6 Å². The van der Waals surface area contributed by atoms with Gasteiger partial charge in [-0.1, -0.05) is 23.8 Å². The Hall–Kier alpha value is -2.14. The van der Waals surface area contributed by atoms with Crippen LogP contribution in [-0.4, -0.2) is 46.7 Å². The first kappa shape index (κ1) is 16.7. The van der Waals surface area contributed by atoms with Gasteiger partial charge in [0, 0.05) is 24.7 Å². The molecular weight excluding hydrogens is 300 g/mol. The third-order valence-electron chi connectivity index (χ3n) is 4.79. The molecule has 128 valence electrons. The van der Waals surface area contributed by atoms with Crippen LogP contribution in [0.15, 0.2) is 30.5 Å². The number of rotatable bonds is 5. The summed E-state index contributed by atoms with van der Waals surface area (Å²) in [5, 5.41) is 10.1. The van der Waals surface area contributed by atoms with Crippen molar-refractivity contribution in [3.8, 4) is 11.3 Å². The number of carbonyl (C=O) groups is 1. The molecule has 1 fully saturated rings. The largest absolute Gasteiger partial charge is 0.352 e. The molecule has 0 saturated carbocycles. The number of nitrogens with one attached hydrogen (secondary N) is 2. The number of likely N-dealkylation sites (tertiary alicyclic amines) is 1. The van der Waals surface area contributed by atoms with Crippen molar-refractivity contribution in [2.45, 2.75) is 33.2 Å². The van der Waals surface area contributed by atoms with E-state index in [4.69, 9.17) is 0 Å². The van der Waals surface area contributed by atoms with Gasteiger partial charge in [0.1, 0.15) is 0 Å². The highest BCUT2D eigenvalue weighted by atomic mass is 16.1. The van der Waals surface area contributed by atoms with Crippen LogP contribution in [-0.2, 0) is 0 Å². The van der Waals surface area contributed by atoms with Crippen LogP contribution in [0, 0.1) is 12.8 Å². The minimum Gasteiger partial charge on any atom is -0.352 e. The molecule has 1 saturated heterocycles. The zero-order valence-electron chi connectivity index (χ0n) is 14.7. The van der Waals surface area contributed by atoms with E-state index in [1.165, 1.54) is 0 Å². The second-order valence-corrected chi connectivity index (χ2v) is 6.98. The Bertz CT molecular complexity index is 707. The van der Waals surface area contributed by atoms with E-state index in [1.54, 1.807) is 6.20 Å². The van der Waals surface area contributed by atoms with E-state index in [0.29, 0.717) is 17.5 Å². The van der Waals surface area contributed by atoms with Gasteiger partial charge >= 0.3 is 0 Å². The topological polar surface area (TPSA) is 61.0 Å². The molecule has 1 atom stereocenters. The van der Waals surface area contributed by atoms with Gasteiger partial charge in [0.15, 0.2) is 0 Å². The first-order chi connectivity index (χ1) is 11.5. The smallest absolute Gasteiger partial charge is 0.255 e. The molecule has 0 unspecified atom stereocenters. The second-order valence-electron chi connectivity index (χ2n) is 6.98. The van der Waals surface area contributed by atoms with Crippen molar-refractivity contribution in [1.82, 2.24) is 20.4 Å². The molecule has 1 amide bonds. The molecule has 2 N–H and O–H groups in total. The molecule has 0 spiro atoms. The standard InChI is InChI=1S/C19H26N4O/c1-13(2)23-8-7-15(12-23)10-20-19(24)17-11-21-22-18(17)16-6-4-5-14(3)9-16/h4-6,9,11,13,15H,7-8,10,12H2,1-3H3,(H,20,24)(H,21,22)/t15-/m0/s1. The van der Waals surface area contributed by atoms with Crippen molar-refractivity contribution < 1.29 is 4.79 Å². The summed E-state index contributed by atoms with van der Waals surface area (Å²) < 4.78 is 0. The number of aromatic nitrogens is 2. The van der Waals surface area contributed by atoms with Crippen LogP contribution in [0.2, 0.25) is 0 Å². The summed E-state index contributed by atoms with van der Waals surface area (Å²) in [6.45, 7) is 9.40. The molecule has 5 heteroatoms. The third kappa shape index (κ3) is 3.67. The Labute approximate surface area is 143 Å². The normalized spacial score (nSPS) is 18.2. The summed E-state index contributed by atoms with van der Waals surface area (Å²) in [7, 11) is 0. The van der Waals surface area contributed by atoms with Crippen LogP contribution in [0.5, 0.6) is 0 Å². The quantitative estimate of drug-likeness (QED) is 0.888. The van der Waals surface area contributed by atoms with Crippen molar-refractivity contribution in [2.24, 2.45) is 5.92 Å². The van der Waals surface area contributed by atoms with Crippen molar-refractivity contribution in [1.29, 1.82) is 0 Å². The van der Waals surface area contributed by atoms with Gasteiger partial charge in [-0.15, -0.1) is 0 Å². The van der Waals surface area contributed by atoms with Gasteiger partial charge in [-0.05, 0) is 45.7 Å². The highest BCUT2D eigenvalue weighted by Crippen LogP contribution is 2.22. The molecular formula is C19H26N4O. The molecule has 1 aromatic heterocycles. The minimum absolute atomic E-state index is 0.0525. The van der Waals surface area contributed by atoms with Crippen molar-refractivity contribution in [2.75, 3.05) is 19.6 Å². The Balaban J connectivity index is 1.64. The molecule has 0 bridgehead atoms. The zero-order chi connectivity index (χ0) is 17.1. The molecule has 1 aliphatic heterocycles. The lowest BCUT2D eigenvalue weighted by atomic mass is 10.0. The molecule has 5 nitrogen and oxygen atoms in total. The summed E-state index contributed by atoms with van der Waals surface area (Å²) in [6, 6.07) is 8.66. The van der Waals surface area contributed by atoms with E-state index in [-0.39, 0.29) is 5.91 Å². The van der Waals surface area contributed by atoms with E-state index in [2.05, 4.69) is 40.3 Å². The molecule has 0 aliphatic carbocycles. The predicted molar refractivity (Wildman–Crippen MR) is 95.9 cm³/mol. The lowest BCUT2D eigenvalue weighted by Gasteiger charge is -2.20. The molecule has 3 rings (SSSR count). The molecule has 2 aromatic rings. The Morgan fingerprint density at radius 3 is 3.00 bits per heavy atom. The third-order valence-corrected chi connectivity index (χ3v) is 4.79. The molecule has 1 aromatic carbocycles. The van der Waals surface area contributed by atoms with Crippen LogP contribution in [0.25, 0.3) is 11.3 Å². The Morgan fingerprint density at radius 2 is 2.29 bits per heavy atom. The maximum Gasteiger partial charge on any atom is 0.255 e. The van der Waals surface area contributed by atoms with Gasteiger partial charge in [0.05, 0.1) is 17.5 Å². The average molecular weight is 326 g/mol. The summed E-state index contributed by atoms with van der Waals surface area (Å²) in [5.74, 6) is 0.480. The van der Waals surface area contributed by atoms with E-state index >= 15 is 0 Å². The lowest BCUT2D eigenvalue weighted by molar-refractivity contribution is 0.0948. The molecule has 1 aliphatic rings. The lowest BCUT2D eigenvalue weighted by Crippen LogP contribution is -2.33. The molecule has 24 heavy (non-hydrogen) atoms. The van der Waals surface area contributed by atoms with Crippen LogP contribution in [0.3, 0.4) is 0 Å². The van der Waals surface area contributed by atoms with E-state index in [9.17, 15) is 4.79 Å². The van der Waals surface area contributed by atoms with Gasteiger partial charge in [-0.2, -0.15) is 5.10 Å². The van der Waals surface area contributed by atoms with Crippen LogP contribution in [0.4, 0.5) is 0 Å². The van der Waals surface area contributed by atoms with Gasteiger partial charge in [-0.3, -0.25) is 9.89 Å². The van der Waals surface area contributed by atoms with Crippen LogP contribution >= 0.6 is 0 Å². The van der Waals surface area contributed by atoms with E-state index < -0.39 is 0 Å². The molecule has 2 heterocycles. The second kappa shape index (κ2) is 7.18. The predicted octanol–water partition coefficient (Wildman–Crippen LogP) is 2.85. The van der Waals surface area contributed by atoms with E-state index in [1.807, 2.05) is 25.1 Å². The number of benzene rings is 1. The molecule has 0 radical (unpaired) electrons. The number of carbonyl (C=O) groups excluding carboxylic acids is 1. The summed E-state index contributed by atoms with van der Waals surface area (Å²) in [6.07, 6.45) is 2.76. The monoisotopic (exact) mass is 326 g/mol. The number of aromatic amines is 1. The zero-order valence-corrected chi connectivity index (χ0v) is 14.7. The fourth-order valence-electron chi connectivity index (χ4n) is 3.31. The summed E-state index contributed by atoms with van der Waals surface area (Å²) >= 11 is 0. The Morgan fingerprint density at radius 1 is 1.46 bits per heavy atom. The number of nitrogens with zero attached hydrogens (tertiary/aromatic N) is 2. The number of H-pyrrole nitrogens is 1. The fraction of sp³-hybridized carbons (Fsp3) is 0.474. The van der Waals surface area contributed by atoms with Crippen LogP contribution in [0.1, 0.15) is 36.2 Å². The summed E-state index contributed by atoms with van der Waals surface area (Å²) in [5.41, 5.74) is 3.54. The first-order valence-electron chi connectivity index (χ1n) is 8.67. The maximum atomic E-state index is 12.6. The summed E-state index contributed by atoms with van der Waals surface area (Å²) in [4.78, 5) is 15.0. The Kier molecular flexibility index (Phi) is 5.00. The number of aryl methyl sites for hydroxylation is 1. The van der Waals surface area contributed by atoms with Gasteiger partial charge in [0.2, 0.25) is 0 Å². The van der Waals surface area contributed by atoms with Gasteiger partial charge < -0.3 is 10.2 Å². The number of amides is 1. The van der Waals surface area contributed by atoms with E-state index in [0.717, 1.165) is 42.9 Å². The van der Waals surface area contributed by atoms with Gasteiger partial charge in [0.25, 0.3) is 5.91 Å². The number of hydrogen-bond acceptors (Lipinski definition) is 3. The maximum absolute atomic E-state index is 12.6. The first-order valence-corrected chi connectivity index (χ1v) is 8.67. The fourth-order valence-corrected chi connectivity index (χ4v) is 3.31. The number of hydrogen-bond donors (Lipinski definition) is 2. The van der Waals surface area contributed by atoms with Crippen molar-refractivity contribution >= 4 is 5.91 Å². The average Bonchev–Trinajstić information content (AvgIpc) is 3.22. The SMILES string of the molecule is Cc1cccc(-c2[nH]ncc2C(=O)NC[C@@H]2CCN(C(C)C)C2)c1.